The Labute approximate surface area is 125 Å². The van der Waals surface area contributed by atoms with Gasteiger partial charge in [-0.05, 0) is 38.2 Å². The number of hydrogen-bond donors (Lipinski definition) is 2. The Bertz CT molecular complexity index is 553. The van der Waals surface area contributed by atoms with Crippen LogP contribution in [0.1, 0.15) is 17.7 Å². The van der Waals surface area contributed by atoms with Crippen molar-refractivity contribution in [2.45, 2.75) is 26.1 Å². The first-order valence-electron chi connectivity index (χ1n) is 7.15. The van der Waals surface area contributed by atoms with E-state index in [1.165, 1.54) is 5.56 Å². The predicted molar refractivity (Wildman–Crippen MR) is 82.9 cm³/mol. The molecule has 0 atom stereocenters. The van der Waals surface area contributed by atoms with E-state index in [0.29, 0.717) is 19.5 Å². The number of aromatic nitrogens is 3. The Morgan fingerprint density at radius 3 is 2.95 bits per heavy atom. The van der Waals surface area contributed by atoms with Crippen LogP contribution in [0.5, 0.6) is 0 Å². The van der Waals surface area contributed by atoms with Crippen LogP contribution in [0.3, 0.4) is 0 Å². The zero-order valence-electron chi connectivity index (χ0n) is 12.7. The van der Waals surface area contributed by atoms with Gasteiger partial charge in [0.2, 0.25) is 0 Å². The van der Waals surface area contributed by atoms with Crippen LogP contribution in [0.2, 0.25) is 0 Å². The molecule has 2 N–H and O–H groups in total. The zero-order chi connectivity index (χ0) is 15.1. The maximum absolute atomic E-state index is 8.80. The van der Waals surface area contributed by atoms with E-state index in [-0.39, 0.29) is 6.61 Å². The largest absolute Gasteiger partial charge is 0.396 e. The number of nitrogens with one attached hydrogen (secondary N) is 1. The van der Waals surface area contributed by atoms with Crippen LogP contribution < -0.4 is 5.32 Å². The molecule has 2 rings (SSSR count). The highest BCUT2D eigenvalue weighted by atomic mass is 16.3. The summed E-state index contributed by atoms with van der Waals surface area (Å²) in [6, 6.07) is 8.38. The van der Waals surface area contributed by atoms with Gasteiger partial charge >= 0.3 is 0 Å². The van der Waals surface area contributed by atoms with Crippen LogP contribution in [0.4, 0.5) is 5.69 Å². The monoisotopic (exact) mass is 289 g/mol. The zero-order valence-corrected chi connectivity index (χ0v) is 12.7. The molecule has 0 saturated heterocycles. The number of anilines is 1. The quantitative estimate of drug-likeness (QED) is 0.767. The fourth-order valence-corrected chi connectivity index (χ4v) is 2.10. The van der Waals surface area contributed by atoms with Crippen LogP contribution in [-0.2, 0) is 19.6 Å². The molecule has 1 aromatic heterocycles. The number of aliphatic hydroxyl groups excluding tert-OH is 1. The summed E-state index contributed by atoms with van der Waals surface area (Å²) in [5, 5.41) is 20.3. The molecule has 6 heteroatoms. The summed E-state index contributed by atoms with van der Waals surface area (Å²) in [6.07, 6.45) is 2.61. The third-order valence-electron chi connectivity index (χ3n) is 3.03. The molecule has 0 unspecified atom stereocenters. The van der Waals surface area contributed by atoms with Crippen molar-refractivity contribution in [3.05, 3.63) is 41.7 Å². The van der Waals surface area contributed by atoms with Gasteiger partial charge in [0.05, 0.1) is 12.7 Å². The van der Waals surface area contributed by atoms with Crippen molar-refractivity contribution < 1.29 is 5.11 Å². The van der Waals surface area contributed by atoms with Crippen molar-refractivity contribution in [2.24, 2.45) is 0 Å². The Morgan fingerprint density at radius 1 is 1.33 bits per heavy atom. The number of benzene rings is 1. The van der Waals surface area contributed by atoms with Crippen LogP contribution in [-0.4, -0.2) is 45.7 Å². The van der Waals surface area contributed by atoms with Gasteiger partial charge in [0.15, 0.2) is 0 Å². The summed E-state index contributed by atoms with van der Waals surface area (Å²) in [5.74, 6) is 0. The van der Waals surface area contributed by atoms with Gasteiger partial charge in [-0.2, -0.15) is 0 Å². The minimum absolute atomic E-state index is 0.173. The first kappa shape index (κ1) is 15.5. The Hall–Kier alpha value is -1.92. The van der Waals surface area contributed by atoms with Gasteiger partial charge in [0.1, 0.15) is 5.69 Å². The molecule has 1 aromatic carbocycles. The minimum Gasteiger partial charge on any atom is -0.396 e. The van der Waals surface area contributed by atoms with E-state index < -0.39 is 0 Å². The first-order valence-corrected chi connectivity index (χ1v) is 7.15. The van der Waals surface area contributed by atoms with E-state index in [2.05, 4.69) is 58.9 Å². The maximum Gasteiger partial charge on any atom is 0.102 e. The molecule has 1 heterocycles. The molecule has 0 aliphatic rings. The second-order valence-corrected chi connectivity index (χ2v) is 5.34. The number of hydrogen-bond acceptors (Lipinski definition) is 5. The summed E-state index contributed by atoms with van der Waals surface area (Å²) < 4.78 is 1.76. The van der Waals surface area contributed by atoms with Crippen LogP contribution in [0.25, 0.3) is 0 Å². The van der Waals surface area contributed by atoms with E-state index in [0.717, 1.165) is 17.9 Å². The van der Waals surface area contributed by atoms with E-state index in [1.807, 2.05) is 6.20 Å². The fraction of sp³-hybridized carbons (Fsp3) is 0.467. The van der Waals surface area contributed by atoms with Gasteiger partial charge < -0.3 is 15.3 Å². The van der Waals surface area contributed by atoms with Crippen molar-refractivity contribution in [3.8, 4) is 0 Å². The molecule has 114 valence electrons. The normalized spacial score (nSPS) is 11.0. The molecule has 0 radical (unpaired) electrons. The summed E-state index contributed by atoms with van der Waals surface area (Å²) in [6.45, 7) is 2.44. The predicted octanol–water partition coefficient (Wildman–Crippen LogP) is 1.33. The number of rotatable bonds is 8. The first-order chi connectivity index (χ1) is 10.2. The summed E-state index contributed by atoms with van der Waals surface area (Å²) >= 11 is 0. The van der Waals surface area contributed by atoms with Crippen molar-refractivity contribution in [1.29, 1.82) is 0 Å². The summed E-state index contributed by atoms with van der Waals surface area (Å²) in [5.41, 5.74) is 3.25. The summed E-state index contributed by atoms with van der Waals surface area (Å²) in [4.78, 5) is 2.14. The highest BCUT2D eigenvalue weighted by molar-refractivity contribution is 5.45. The molecule has 0 bridgehead atoms. The van der Waals surface area contributed by atoms with Gasteiger partial charge in [-0.1, -0.05) is 17.3 Å². The third kappa shape index (κ3) is 5.17. The van der Waals surface area contributed by atoms with E-state index >= 15 is 0 Å². The fourth-order valence-electron chi connectivity index (χ4n) is 2.10. The lowest BCUT2D eigenvalue weighted by Crippen LogP contribution is -2.10. The lowest BCUT2D eigenvalue weighted by atomic mass is 10.2. The highest BCUT2D eigenvalue weighted by Gasteiger charge is 2.02. The van der Waals surface area contributed by atoms with Gasteiger partial charge in [0, 0.05) is 25.4 Å². The maximum atomic E-state index is 8.80. The second-order valence-electron chi connectivity index (χ2n) is 5.34. The average molecular weight is 289 g/mol. The molecule has 0 fully saturated rings. The van der Waals surface area contributed by atoms with Crippen LogP contribution >= 0.6 is 0 Å². The van der Waals surface area contributed by atoms with Gasteiger partial charge in [-0.3, -0.25) is 4.68 Å². The Kier molecular flexibility index (Phi) is 5.71. The number of aliphatic hydroxyl groups is 1. The van der Waals surface area contributed by atoms with E-state index in [1.54, 1.807) is 4.68 Å². The molecular formula is C15H23N5O. The summed E-state index contributed by atoms with van der Waals surface area (Å²) in [7, 11) is 4.12. The molecule has 0 amide bonds. The highest BCUT2D eigenvalue weighted by Crippen LogP contribution is 2.12. The number of aryl methyl sites for hydroxylation is 1. The average Bonchev–Trinajstić information content (AvgIpc) is 2.90. The minimum atomic E-state index is 0.173. The number of nitrogens with zero attached hydrogens (tertiary/aromatic N) is 4. The lowest BCUT2D eigenvalue weighted by Gasteiger charge is -2.11. The lowest BCUT2D eigenvalue weighted by molar-refractivity contribution is 0.276. The van der Waals surface area contributed by atoms with Gasteiger partial charge in [-0.25, -0.2) is 0 Å². The molecule has 0 spiro atoms. The van der Waals surface area contributed by atoms with Crippen LogP contribution in [0, 0.1) is 0 Å². The molecule has 0 saturated carbocycles. The van der Waals surface area contributed by atoms with E-state index in [9.17, 15) is 0 Å². The third-order valence-corrected chi connectivity index (χ3v) is 3.03. The van der Waals surface area contributed by atoms with Crippen molar-refractivity contribution in [2.75, 3.05) is 26.0 Å². The molecule has 2 aromatic rings. The van der Waals surface area contributed by atoms with E-state index in [4.69, 9.17) is 5.11 Å². The molecule has 21 heavy (non-hydrogen) atoms. The standard InChI is InChI=1S/C15H23N5O/c1-19(2)11-13-5-3-6-14(9-13)16-10-15-12-20(18-17-15)7-4-8-21/h3,5-6,9,12,16,21H,4,7-8,10-11H2,1-2H3. The molecule has 0 aliphatic carbocycles. The molecule has 6 nitrogen and oxygen atoms in total. The second kappa shape index (κ2) is 7.75. The Morgan fingerprint density at radius 2 is 2.19 bits per heavy atom. The smallest absolute Gasteiger partial charge is 0.102 e. The molecule has 0 aliphatic heterocycles. The topological polar surface area (TPSA) is 66.2 Å². The van der Waals surface area contributed by atoms with Gasteiger partial charge in [0.25, 0.3) is 0 Å². The van der Waals surface area contributed by atoms with Crippen LogP contribution in [0.15, 0.2) is 30.5 Å². The Balaban J connectivity index is 1.89. The van der Waals surface area contributed by atoms with Crippen molar-refractivity contribution >= 4 is 5.69 Å². The van der Waals surface area contributed by atoms with Crippen molar-refractivity contribution in [3.63, 3.8) is 0 Å². The van der Waals surface area contributed by atoms with Gasteiger partial charge in [-0.15, -0.1) is 5.10 Å². The SMILES string of the molecule is CN(C)Cc1cccc(NCc2cn(CCCO)nn2)c1. The van der Waals surface area contributed by atoms with Crippen molar-refractivity contribution in [1.82, 2.24) is 19.9 Å². The molecular weight excluding hydrogens is 266 g/mol.